The van der Waals surface area contributed by atoms with E-state index in [1.165, 1.54) is 0 Å². The molecule has 6 nitrogen and oxygen atoms in total. The van der Waals surface area contributed by atoms with E-state index in [0.717, 1.165) is 22.4 Å². The first-order chi connectivity index (χ1) is 12.0. The van der Waals surface area contributed by atoms with Crippen LogP contribution >= 0.6 is 0 Å². The highest BCUT2D eigenvalue weighted by molar-refractivity contribution is 5.96. The van der Waals surface area contributed by atoms with E-state index < -0.39 is 0 Å². The molecule has 3 rings (SSSR count). The van der Waals surface area contributed by atoms with Crippen molar-refractivity contribution >= 4 is 17.1 Å². The molecule has 6 heteroatoms. The number of nitrogens with one attached hydrogen (secondary N) is 1. The third-order valence-corrected chi connectivity index (χ3v) is 4.23. The van der Waals surface area contributed by atoms with Crippen molar-refractivity contribution in [1.82, 2.24) is 24.8 Å². The van der Waals surface area contributed by atoms with Gasteiger partial charge in [-0.1, -0.05) is 6.07 Å². The normalized spacial score (nSPS) is 12.5. The van der Waals surface area contributed by atoms with Crippen molar-refractivity contribution in [1.29, 1.82) is 0 Å². The van der Waals surface area contributed by atoms with Crippen molar-refractivity contribution in [3.05, 3.63) is 53.7 Å². The van der Waals surface area contributed by atoms with E-state index >= 15 is 0 Å². The van der Waals surface area contributed by atoms with E-state index in [9.17, 15) is 4.79 Å². The number of amides is 1. The number of aryl methyl sites for hydroxylation is 1. The van der Waals surface area contributed by atoms with Gasteiger partial charge in [0.1, 0.15) is 5.52 Å². The van der Waals surface area contributed by atoms with Gasteiger partial charge in [0.2, 0.25) is 0 Å². The number of pyridine rings is 2. The summed E-state index contributed by atoms with van der Waals surface area (Å²) in [4.78, 5) is 25.7. The van der Waals surface area contributed by atoms with Crippen LogP contribution in [0.2, 0.25) is 0 Å². The number of rotatable bonds is 5. The van der Waals surface area contributed by atoms with Crippen LogP contribution in [0, 0.1) is 6.92 Å². The molecule has 1 N–H and O–H groups in total. The molecule has 0 aromatic carbocycles. The summed E-state index contributed by atoms with van der Waals surface area (Å²) >= 11 is 0. The van der Waals surface area contributed by atoms with Crippen LogP contribution in [0.4, 0.5) is 0 Å². The fraction of sp³-hybridized carbons (Fsp3) is 0.368. The molecule has 1 unspecified atom stereocenters. The van der Waals surface area contributed by atoms with Gasteiger partial charge in [0.05, 0.1) is 11.9 Å². The zero-order chi connectivity index (χ0) is 18.0. The summed E-state index contributed by atoms with van der Waals surface area (Å²) < 4.78 is 1.99. The number of nitrogens with zero attached hydrogens (tertiary/aromatic N) is 4. The lowest BCUT2D eigenvalue weighted by Gasteiger charge is -2.14. The van der Waals surface area contributed by atoms with E-state index in [4.69, 9.17) is 0 Å². The lowest BCUT2D eigenvalue weighted by Crippen LogP contribution is -2.34. The maximum Gasteiger partial charge on any atom is 0.253 e. The number of aromatic nitrogens is 4. The molecule has 3 aromatic heterocycles. The van der Waals surface area contributed by atoms with Gasteiger partial charge in [-0.05, 0) is 45.4 Å². The van der Waals surface area contributed by atoms with Gasteiger partial charge in [-0.25, -0.2) is 9.97 Å². The minimum Gasteiger partial charge on any atom is -0.349 e. The Morgan fingerprint density at radius 3 is 2.76 bits per heavy atom. The van der Waals surface area contributed by atoms with Crippen LogP contribution in [-0.2, 0) is 6.42 Å². The van der Waals surface area contributed by atoms with Gasteiger partial charge in [0.25, 0.3) is 5.91 Å². The summed E-state index contributed by atoms with van der Waals surface area (Å²) in [7, 11) is 0. The molecule has 0 saturated heterocycles. The largest absolute Gasteiger partial charge is 0.349 e. The molecule has 0 saturated carbocycles. The number of carbonyl (C=O) groups is 1. The molecule has 0 aliphatic rings. The summed E-state index contributed by atoms with van der Waals surface area (Å²) in [5, 5.41) is 3.01. The number of carbonyl (C=O) groups excluding carboxylic acids is 1. The highest BCUT2D eigenvalue weighted by Gasteiger charge is 2.15. The Balaban J connectivity index is 1.72. The summed E-state index contributed by atoms with van der Waals surface area (Å²) in [5.41, 5.74) is 4.18. The fourth-order valence-electron chi connectivity index (χ4n) is 2.80. The van der Waals surface area contributed by atoms with Crippen molar-refractivity contribution in [2.24, 2.45) is 0 Å². The number of fused-ring (bicyclic) bond motifs is 1. The summed E-state index contributed by atoms with van der Waals surface area (Å²) in [6.45, 7) is 8.15. The molecule has 0 spiro atoms. The second kappa shape index (κ2) is 7.01. The summed E-state index contributed by atoms with van der Waals surface area (Å²) in [5.74, 6) is -0.144. The van der Waals surface area contributed by atoms with Gasteiger partial charge >= 0.3 is 0 Å². The van der Waals surface area contributed by atoms with Crippen LogP contribution in [-0.4, -0.2) is 31.5 Å². The van der Waals surface area contributed by atoms with Crippen molar-refractivity contribution < 1.29 is 4.79 Å². The van der Waals surface area contributed by atoms with E-state index in [1.54, 1.807) is 24.8 Å². The highest BCUT2D eigenvalue weighted by Crippen LogP contribution is 2.16. The van der Waals surface area contributed by atoms with Gasteiger partial charge in [-0.2, -0.15) is 0 Å². The van der Waals surface area contributed by atoms with Crippen LogP contribution in [0.25, 0.3) is 11.2 Å². The van der Waals surface area contributed by atoms with Crippen molar-refractivity contribution in [3.63, 3.8) is 0 Å². The number of imidazole rings is 1. The molecule has 0 radical (unpaired) electrons. The van der Waals surface area contributed by atoms with Crippen LogP contribution in [0.5, 0.6) is 0 Å². The first kappa shape index (κ1) is 17.1. The standard InChI is InChI=1S/C19H23N5O/c1-12(2)24-11-22-17-9-15(10-21-18(17)24)19(25)23-14(4)8-16-13(3)6-5-7-20-16/h5-7,9-12,14H,8H2,1-4H3,(H,23,25). The lowest BCUT2D eigenvalue weighted by atomic mass is 10.1. The Morgan fingerprint density at radius 1 is 1.24 bits per heavy atom. The van der Waals surface area contributed by atoms with E-state index in [-0.39, 0.29) is 18.0 Å². The minimum atomic E-state index is -0.144. The second-order valence-electron chi connectivity index (χ2n) is 6.66. The van der Waals surface area contributed by atoms with Gasteiger partial charge < -0.3 is 9.88 Å². The molecule has 1 atom stereocenters. The van der Waals surface area contributed by atoms with Crippen molar-refractivity contribution in [3.8, 4) is 0 Å². The first-order valence-corrected chi connectivity index (χ1v) is 8.49. The van der Waals surface area contributed by atoms with Crippen LogP contribution < -0.4 is 5.32 Å². The average Bonchev–Trinajstić information content (AvgIpc) is 3.00. The monoisotopic (exact) mass is 337 g/mol. The molecule has 0 bridgehead atoms. The fourth-order valence-corrected chi connectivity index (χ4v) is 2.80. The molecule has 0 aliphatic carbocycles. The van der Waals surface area contributed by atoms with E-state index in [2.05, 4.69) is 34.1 Å². The zero-order valence-electron chi connectivity index (χ0n) is 15.0. The van der Waals surface area contributed by atoms with Gasteiger partial charge in [0, 0.05) is 36.6 Å². The summed E-state index contributed by atoms with van der Waals surface area (Å²) in [6, 6.07) is 5.98. The average molecular weight is 337 g/mol. The number of hydrogen-bond donors (Lipinski definition) is 1. The molecule has 3 heterocycles. The maximum atomic E-state index is 12.5. The van der Waals surface area contributed by atoms with Gasteiger partial charge in [0.15, 0.2) is 5.65 Å². The Bertz CT molecular complexity index is 900. The first-order valence-electron chi connectivity index (χ1n) is 8.49. The molecule has 0 fully saturated rings. The van der Waals surface area contributed by atoms with Crippen LogP contribution in [0.3, 0.4) is 0 Å². The Hall–Kier alpha value is -2.76. The molecule has 3 aromatic rings. The smallest absolute Gasteiger partial charge is 0.253 e. The predicted molar refractivity (Wildman–Crippen MR) is 97.5 cm³/mol. The maximum absolute atomic E-state index is 12.5. The predicted octanol–water partition coefficient (Wildman–Crippen LogP) is 3.08. The van der Waals surface area contributed by atoms with Gasteiger partial charge in [-0.3, -0.25) is 9.78 Å². The molecule has 0 aliphatic heterocycles. The summed E-state index contributed by atoms with van der Waals surface area (Å²) in [6.07, 6.45) is 5.84. The topological polar surface area (TPSA) is 72.7 Å². The second-order valence-corrected chi connectivity index (χ2v) is 6.66. The minimum absolute atomic E-state index is 0.0231. The molecule has 25 heavy (non-hydrogen) atoms. The molecular formula is C19H23N5O. The van der Waals surface area contributed by atoms with Gasteiger partial charge in [-0.15, -0.1) is 0 Å². The van der Waals surface area contributed by atoms with E-state index in [1.807, 2.05) is 30.5 Å². The Morgan fingerprint density at radius 2 is 2.04 bits per heavy atom. The highest BCUT2D eigenvalue weighted by atomic mass is 16.1. The third-order valence-electron chi connectivity index (χ3n) is 4.23. The lowest BCUT2D eigenvalue weighted by molar-refractivity contribution is 0.0939. The number of hydrogen-bond acceptors (Lipinski definition) is 4. The van der Waals surface area contributed by atoms with E-state index in [0.29, 0.717) is 12.0 Å². The third kappa shape index (κ3) is 3.68. The molecule has 1 amide bonds. The SMILES string of the molecule is Cc1cccnc1CC(C)NC(=O)c1cnc2c(c1)ncn2C(C)C. The molecular weight excluding hydrogens is 314 g/mol. The Labute approximate surface area is 147 Å². The zero-order valence-corrected chi connectivity index (χ0v) is 15.0. The quantitative estimate of drug-likeness (QED) is 0.776. The molecule has 130 valence electrons. The Kier molecular flexibility index (Phi) is 4.79. The van der Waals surface area contributed by atoms with Crippen molar-refractivity contribution in [2.75, 3.05) is 0 Å². The van der Waals surface area contributed by atoms with Crippen LogP contribution in [0.1, 0.15) is 48.4 Å². The van der Waals surface area contributed by atoms with Crippen LogP contribution in [0.15, 0.2) is 36.9 Å². The van der Waals surface area contributed by atoms with Crippen molar-refractivity contribution in [2.45, 2.75) is 46.2 Å².